The molecule has 0 amide bonds. The number of ether oxygens (including phenoxy) is 2. The molecular formula is C17H18ClO2. The van der Waals surface area contributed by atoms with Crippen LogP contribution in [0.15, 0.2) is 30.3 Å². The van der Waals surface area contributed by atoms with Gasteiger partial charge >= 0.3 is 0 Å². The standard InChI is InChI=1S/C17H18ClO2/c1-11(2)12-5-7-13(8-6-12)16-14(18)9-10-15(19-3)17(16)20-4/h5-8,10-11H,1-4H3. The zero-order valence-electron chi connectivity index (χ0n) is 12.2. The van der Waals surface area contributed by atoms with Gasteiger partial charge in [0.1, 0.15) is 0 Å². The molecule has 0 aliphatic heterocycles. The Morgan fingerprint density at radius 2 is 1.70 bits per heavy atom. The lowest BCUT2D eigenvalue weighted by molar-refractivity contribution is 0.356. The van der Waals surface area contributed by atoms with Gasteiger partial charge in [-0.15, -0.1) is 0 Å². The lowest BCUT2D eigenvalue weighted by Crippen LogP contribution is -1.95. The number of rotatable bonds is 4. The molecule has 0 unspecified atom stereocenters. The maximum Gasteiger partial charge on any atom is 0.170 e. The van der Waals surface area contributed by atoms with Gasteiger partial charge in [0.25, 0.3) is 0 Å². The molecule has 3 heteroatoms. The second kappa shape index (κ2) is 6.19. The Kier molecular flexibility index (Phi) is 4.56. The van der Waals surface area contributed by atoms with Gasteiger partial charge in [0.05, 0.1) is 19.2 Å². The van der Waals surface area contributed by atoms with Crippen LogP contribution in [0.1, 0.15) is 25.3 Å². The molecule has 2 aromatic carbocycles. The van der Waals surface area contributed by atoms with E-state index in [1.807, 2.05) is 12.1 Å². The summed E-state index contributed by atoms with van der Waals surface area (Å²) in [5, 5.41) is 0.528. The molecule has 20 heavy (non-hydrogen) atoms. The molecule has 0 heterocycles. The lowest BCUT2D eigenvalue weighted by Gasteiger charge is -2.15. The van der Waals surface area contributed by atoms with Crippen molar-refractivity contribution in [1.29, 1.82) is 0 Å². The smallest absolute Gasteiger partial charge is 0.170 e. The first-order chi connectivity index (χ1) is 9.58. The van der Waals surface area contributed by atoms with E-state index >= 15 is 0 Å². The Balaban J connectivity index is 2.56. The fourth-order valence-electron chi connectivity index (χ4n) is 2.14. The molecule has 0 aliphatic rings. The Hall–Kier alpha value is -1.67. The van der Waals surface area contributed by atoms with Crippen LogP contribution in [0, 0.1) is 6.07 Å². The second-order valence-corrected chi connectivity index (χ2v) is 5.23. The SMILES string of the molecule is COc1c[c]c(Cl)c(-c2ccc(C(C)C)cc2)c1OC. The largest absolute Gasteiger partial charge is 0.493 e. The zero-order valence-corrected chi connectivity index (χ0v) is 12.9. The summed E-state index contributed by atoms with van der Waals surface area (Å²) in [6.45, 7) is 4.34. The van der Waals surface area contributed by atoms with Crippen LogP contribution in [0.25, 0.3) is 11.1 Å². The molecule has 0 fully saturated rings. The monoisotopic (exact) mass is 289 g/mol. The van der Waals surface area contributed by atoms with Gasteiger partial charge in [-0.2, -0.15) is 0 Å². The highest BCUT2D eigenvalue weighted by molar-refractivity contribution is 6.33. The summed E-state index contributed by atoms with van der Waals surface area (Å²) >= 11 is 6.28. The van der Waals surface area contributed by atoms with E-state index < -0.39 is 0 Å². The Morgan fingerprint density at radius 1 is 1.05 bits per heavy atom. The van der Waals surface area contributed by atoms with Crippen molar-refractivity contribution in [1.82, 2.24) is 0 Å². The minimum absolute atomic E-state index is 0.498. The van der Waals surface area contributed by atoms with Gasteiger partial charge in [0.2, 0.25) is 0 Å². The quantitative estimate of drug-likeness (QED) is 0.793. The van der Waals surface area contributed by atoms with E-state index in [9.17, 15) is 0 Å². The molecule has 0 saturated carbocycles. The third-order valence-electron chi connectivity index (χ3n) is 3.29. The van der Waals surface area contributed by atoms with Crippen LogP contribution in [0.5, 0.6) is 11.5 Å². The topological polar surface area (TPSA) is 18.5 Å². The minimum atomic E-state index is 0.498. The van der Waals surface area contributed by atoms with Crippen LogP contribution in [-0.2, 0) is 0 Å². The number of halogens is 1. The van der Waals surface area contributed by atoms with Crippen molar-refractivity contribution in [3.63, 3.8) is 0 Å². The van der Waals surface area contributed by atoms with Crippen molar-refractivity contribution in [2.45, 2.75) is 19.8 Å². The van der Waals surface area contributed by atoms with Crippen molar-refractivity contribution in [2.24, 2.45) is 0 Å². The van der Waals surface area contributed by atoms with Crippen molar-refractivity contribution >= 4 is 11.6 Å². The molecule has 2 rings (SSSR count). The van der Waals surface area contributed by atoms with Crippen molar-refractivity contribution < 1.29 is 9.47 Å². The first kappa shape index (κ1) is 14.7. The molecule has 1 radical (unpaired) electrons. The van der Waals surface area contributed by atoms with Gasteiger partial charge in [-0.3, -0.25) is 0 Å². The van der Waals surface area contributed by atoms with E-state index in [0.717, 1.165) is 11.1 Å². The fraction of sp³-hybridized carbons (Fsp3) is 0.294. The van der Waals surface area contributed by atoms with E-state index in [0.29, 0.717) is 22.4 Å². The fourth-order valence-corrected chi connectivity index (χ4v) is 2.39. The summed E-state index contributed by atoms with van der Waals surface area (Å²) in [4.78, 5) is 0. The van der Waals surface area contributed by atoms with E-state index in [-0.39, 0.29) is 0 Å². The summed E-state index contributed by atoms with van der Waals surface area (Å²) in [5.74, 6) is 1.76. The average molecular weight is 290 g/mol. The zero-order chi connectivity index (χ0) is 14.7. The van der Waals surface area contributed by atoms with Crippen molar-refractivity contribution in [2.75, 3.05) is 14.2 Å². The molecule has 0 atom stereocenters. The van der Waals surface area contributed by atoms with Gasteiger partial charge in [0.15, 0.2) is 11.5 Å². The third-order valence-corrected chi connectivity index (χ3v) is 3.59. The highest BCUT2D eigenvalue weighted by Crippen LogP contribution is 2.42. The van der Waals surface area contributed by atoms with Gasteiger partial charge in [-0.1, -0.05) is 49.7 Å². The number of hydrogen-bond acceptors (Lipinski definition) is 2. The molecule has 0 saturated heterocycles. The van der Waals surface area contributed by atoms with Crippen molar-refractivity contribution in [3.8, 4) is 22.6 Å². The molecule has 0 spiro atoms. The Morgan fingerprint density at radius 3 is 2.20 bits per heavy atom. The Labute approximate surface area is 125 Å². The molecule has 2 aromatic rings. The molecule has 0 bridgehead atoms. The minimum Gasteiger partial charge on any atom is -0.493 e. The normalized spacial score (nSPS) is 10.7. The summed E-state index contributed by atoms with van der Waals surface area (Å²) < 4.78 is 10.8. The number of methoxy groups -OCH3 is 2. The van der Waals surface area contributed by atoms with E-state index in [1.165, 1.54) is 5.56 Å². The Bertz CT molecular complexity index is 589. The molecule has 0 aliphatic carbocycles. The van der Waals surface area contributed by atoms with E-state index in [1.54, 1.807) is 20.3 Å². The van der Waals surface area contributed by atoms with Crippen molar-refractivity contribution in [3.05, 3.63) is 47.0 Å². The van der Waals surface area contributed by atoms with Crippen LogP contribution in [-0.4, -0.2) is 14.2 Å². The molecule has 2 nitrogen and oxygen atoms in total. The first-order valence-electron chi connectivity index (χ1n) is 6.51. The van der Waals surface area contributed by atoms with E-state index in [2.05, 4.69) is 32.0 Å². The summed E-state index contributed by atoms with van der Waals surface area (Å²) in [5.41, 5.74) is 3.09. The summed E-state index contributed by atoms with van der Waals surface area (Å²) in [6.07, 6.45) is 0. The predicted molar refractivity (Wildman–Crippen MR) is 82.9 cm³/mol. The first-order valence-corrected chi connectivity index (χ1v) is 6.88. The number of benzene rings is 2. The highest BCUT2D eigenvalue weighted by Gasteiger charge is 2.16. The molecule has 105 valence electrons. The van der Waals surface area contributed by atoms with Crippen LogP contribution in [0.4, 0.5) is 0 Å². The number of hydrogen-bond donors (Lipinski definition) is 0. The predicted octanol–water partition coefficient (Wildman–Crippen LogP) is 4.95. The highest BCUT2D eigenvalue weighted by atomic mass is 35.5. The maximum atomic E-state index is 6.28. The van der Waals surface area contributed by atoms with Gasteiger partial charge in [0, 0.05) is 11.6 Å². The third kappa shape index (κ3) is 2.75. The summed E-state index contributed by atoms with van der Waals surface area (Å²) in [7, 11) is 3.21. The van der Waals surface area contributed by atoms with Crippen LogP contribution in [0.3, 0.4) is 0 Å². The maximum absolute atomic E-state index is 6.28. The van der Waals surface area contributed by atoms with E-state index in [4.69, 9.17) is 21.1 Å². The second-order valence-electron chi connectivity index (χ2n) is 4.86. The molecule has 0 N–H and O–H groups in total. The van der Waals surface area contributed by atoms with Gasteiger partial charge < -0.3 is 9.47 Å². The molecule has 0 aromatic heterocycles. The van der Waals surface area contributed by atoms with Gasteiger partial charge in [-0.05, 0) is 23.1 Å². The lowest BCUT2D eigenvalue weighted by atomic mass is 9.98. The van der Waals surface area contributed by atoms with Gasteiger partial charge in [-0.25, -0.2) is 0 Å². The van der Waals surface area contributed by atoms with Crippen LogP contribution < -0.4 is 9.47 Å². The average Bonchev–Trinajstić information content (AvgIpc) is 2.46. The molecular weight excluding hydrogens is 272 g/mol. The summed E-state index contributed by atoms with van der Waals surface area (Å²) in [6, 6.07) is 13.0. The van der Waals surface area contributed by atoms with Crippen LogP contribution >= 0.6 is 11.6 Å². The van der Waals surface area contributed by atoms with Crippen LogP contribution in [0.2, 0.25) is 5.02 Å².